The quantitative estimate of drug-likeness (QED) is 0.776. The van der Waals surface area contributed by atoms with Gasteiger partial charge < -0.3 is 10.1 Å². The van der Waals surface area contributed by atoms with Crippen LogP contribution in [-0.2, 0) is 4.74 Å². The minimum absolute atomic E-state index is 0.241. The Balaban J connectivity index is 2.37. The van der Waals surface area contributed by atoms with Crippen molar-refractivity contribution < 1.29 is 9.53 Å². The summed E-state index contributed by atoms with van der Waals surface area (Å²) in [4.78, 5) is 14.1. The summed E-state index contributed by atoms with van der Waals surface area (Å²) in [6, 6.07) is 5.44. The van der Waals surface area contributed by atoms with Crippen LogP contribution in [0.4, 0.5) is 16.2 Å². The maximum atomic E-state index is 12.4. The van der Waals surface area contributed by atoms with Crippen molar-refractivity contribution in [3.63, 3.8) is 0 Å². The highest BCUT2D eigenvalue weighted by atomic mass is 35.5. The summed E-state index contributed by atoms with van der Waals surface area (Å²) in [5.74, 6) is 0. The molecule has 20 heavy (non-hydrogen) atoms. The second kappa shape index (κ2) is 4.85. The Labute approximate surface area is 125 Å². The molecular weight excluding hydrogens is 276 g/mol. The van der Waals surface area contributed by atoms with Gasteiger partial charge in [-0.05, 0) is 52.8 Å². The van der Waals surface area contributed by atoms with Gasteiger partial charge in [-0.25, -0.2) is 4.79 Å². The maximum Gasteiger partial charge on any atom is 0.414 e. The van der Waals surface area contributed by atoms with E-state index in [1.165, 1.54) is 0 Å². The highest BCUT2D eigenvalue weighted by molar-refractivity contribution is 6.31. The van der Waals surface area contributed by atoms with Crippen LogP contribution in [0.5, 0.6) is 0 Å². The second-order valence-corrected chi connectivity index (χ2v) is 7.17. The zero-order chi connectivity index (χ0) is 15.1. The van der Waals surface area contributed by atoms with Gasteiger partial charge in [0.05, 0.1) is 17.9 Å². The first kappa shape index (κ1) is 15.0. The third kappa shape index (κ3) is 3.37. The van der Waals surface area contributed by atoms with Crippen LogP contribution in [0.25, 0.3) is 0 Å². The zero-order valence-corrected chi connectivity index (χ0v) is 13.3. The Kier molecular flexibility index (Phi) is 3.63. The standard InChI is InChI=1S/C15H21ClN2O2/c1-14(2,3)20-13(19)18-9-15(4,5)17-11-8-10(16)6-7-12(11)18/h6-8,17H,9H2,1-5H3. The average Bonchev–Trinajstić information content (AvgIpc) is 2.23. The Bertz CT molecular complexity index is 535. The van der Waals surface area contributed by atoms with Crippen LogP contribution in [0.15, 0.2) is 18.2 Å². The average molecular weight is 297 g/mol. The van der Waals surface area contributed by atoms with E-state index in [0.717, 1.165) is 11.4 Å². The van der Waals surface area contributed by atoms with Gasteiger partial charge in [-0.3, -0.25) is 4.90 Å². The third-order valence-electron chi connectivity index (χ3n) is 2.89. The summed E-state index contributed by atoms with van der Waals surface area (Å²) in [5, 5.41) is 4.03. The van der Waals surface area contributed by atoms with E-state index < -0.39 is 5.60 Å². The van der Waals surface area contributed by atoms with Gasteiger partial charge in [0.15, 0.2) is 0 Å². The molecule has 0 aromatic heterocycles. The van der Waals surface area contributed by atoms with E-state index in [1.807, 2.05) is 46.8 Å². The van der Waals surface area contributed by atoms with Gasteiger partial charge >= 0.3 is 6.09 Å². The number of carbonyl (C=O) groups is 1. The first-order valence-corrected chi connectivity index (χ1v) is 7.03. The Morgan fingerprint density at radius 1 is 1.40 bits per heavy atom. The van der Waals surface area contributed by atoms with Crippen LogP contribution in [0.1, 0.15) is 34.6 Å². The molecule has 1 heterocycles. The molecule has 1 amide bonds. The number of fused-ring (bicyclic) bond motifs is 1. The number of benzene rings is 1. The number of nitrogens with zero attached hydrogens (tertiary/aromatic N) is 1. The fraction of sp³-hybridized carbons (Fsp3) is 0.533. The molecule has 1 aliphatic heterocycles. The van der Waals surface area contributed by atoms with Crippen LogP contribution in [-0.4, -0.2) is 23.8 Å². The smallest absolute Gasteiger partial charge is 0.414 e. The summed E-state index contributed by atoms with van der Waals surface area (Å²) in [7, 11) is 0. The Morgan fingerprint density at radius 3 is 2.65 bits per heavy atom. The minimum Gasteiger partial charge on any atom is -0.443 e. The lowest BCUT2D eigenvalue weighted by Gasteiger charge is -2.41. The number of anilines is 2. The molecule has 0 unspecified atom stereocenters. The number of hydrogen-bond donors (Lipinski definition) is 1. The lowest BCUT2D eigenvalue weighted by molar-refractivity contribution is 0.0573. The van der Waals surface area contributed by atoms with Crippen molar-refractivity contribution in [1.82, 2.24) is 0 Å². The molecular formula is C15H21ClN2O2. The van der Waals surface area contributed by atoms with Crippen molar-refractivity contribution in [3.05, 3.63) is 23.2 Å². The molecule has 4 nitrogen and oxygen atoms in total. The fourth-order valence-electron chi connectivity index (χ4n) is 2.21. The number of halogens is 1. The van der Waals surface area contributed by atoms with Crippen molar-refractivity contribution >= 4 is 29.1 Å². The molecule has 1 aromatic rings. The topological polar surface area (TPSA) is 41.6 Å². The molecule has 5 heteroatoms. The van der Waals surface area contributed by atoms with E-state index in [9.17, 15) is 4.79 Å². The highest BCUT2D eigenvalue weighted by Crippen LogP contribution is 2.37. The lowest BCUT2D eigenvalue weighted by Crippen LogP contribution is -2.51. The summed E-state index contributed by atoms with van der Waals surface area (Å²) in [6.07, 6.45) is -0.337. The predicted octanol–water partition coefficient (Wildman–Crippen LogP) is 4.29. The molecule has 2 rings (SSSR count). The molecule has 1 aliphatic rings. The van der Waals surface area contributed by atoms with E-state index in [-0.39, 0.29) is 11.6 Å². The Morgan fingerprint density at radius 2 is 2.05 bits per heavy atom. The van der Waals surface area contributed by atoms with Crippen molar-refractivity contribution in [1.29, 1.82) is 0 Å². The van der Waals surface area contributed by atoms with Crippen LogP contribution < -0.4 is 10.2 Å². The lowest BCUT2D eigenvalue weighted by atomic mass is 10.00. The molecule has 0 saturated heterocycles. The molecule has 1 aromatic carbocycles. The minimum atomic E-state index is -0.515. The number of amides is 1. The zero-order valence-electron chi connectivity index (χ0n) is 12.6. The molecule has 0 bridgehead atoms. The largest absolute Gasteiger partial charge is 0.443 e. The van der Waals surface area contributed by atoms with Crippen molar-refractivity contribution in [2.75, 3.05) is 16.8 Å². The first-order chi connectivity index (χ1) is 9.07. The predicted molar refractivity (Wildman–Crippen MR) is 82.7 cm³/mol. The number of ether oxygens (including phenoxy) is 1. The third-order valence-corrected chi connectivity index (χ3v) is 3.12. The van der Waals surface area contributed by atoms with E-state index in [4.69, 9.17) is 16.3 Å². The summed E-state index contributed by atoms with van der Waals surface area (Å²) in [5.41, 5.74) is 0.885. The molecule has 0 spiro atoms. The van der Waals surface area contributed by atoms with Crippen LogP contribution in [0.3, 0.4) is 0 Å². The highest BCUT2D eigenvalue weighted by Gasteiger charge is 2.35. The fourth-order valence-corrected chi connectivity index (χ4v) is 2.38. The van der Waals surface area contributed by atoms with Gasteiger partial charge in [-0.15, -0.1) is 0 Å². The van der Waals surface area contributed by atoms with Crippen molar-refractivity contribution in [3.8, 4) is 0 Å². The SMILES string of the molecule is CC1(C)CN(C(=O)OC(C)(C)C)c2ccc(Cl)cc2N1. The number of nitrogens with one attached hydrogen (secondary N) is 1. The van der Waals surface area contributed by atoms with E-state index >= 15 is 0 Å². The Hall–Kier alpha value is -1.42. The summed E-state index contributed by atoms with van der Waals surface area (Å²) in [6.45, 7) is 10.2. The van der Waals surface area contributed by atoms with Crippen LogP contribution >= 0.6 is 11.6 Å². The molecule has 0 saturated carbocycles. The molecule has 1 N–H and O–H groups in total. The number of carbonyl (C=O) groups excluding carboxylic acids is 1. The van der Waals surface area contributed by atoms with E-state index in [0.29, 0.717) is 11.6 Å². The first-order valence-electron chi connectivity index (χ1n) is 6.66. The second-order valence-electron chi connectivity index (χ2n) is 6.74. The molecule has 0 radical (unpaired) electrons. The van der Waals surface area contributed by atoms with E-state index in [2.05, 4.69) is 5.32 Å². The van der Waals surface area contributed by atoms with Gasteiger partial charge in [-0.2, -0.15) is 0 Å². The van der Waals surface area contributed by atoms with Crippen LogP contribution in [0, 0.1) is 0 Å². The van der Waals surface area contributed by atoms with Crippen molar-refractivity contribution in [2.45, 2.75) is 45.8 Å². The van der Waals surface area contributed by atoms with Gasteiger partial charge in [-0.1, -0.05) is 11.6 Å². The van der Waals surface area contributed by atoms with Gasteiger partial charge in [0.2, 0.25) is 0 Å². The summed E-state index contributed by atoms with van der Waals surface area (Å²) < 4.78 is 5.48. The van der Waals surface area contributed by atoms with E-state index in [1.54, 1.807) is 11.0 Å². The number of rotatable bonds is 0. The normalized spacial score (nSPS) is 17.2. The number of hydrogen-bond acceptors (Lipinski definition) is 3. The molecule has 0 fully saturated rings. The maximum absolute atomic E-state index is 12.4. The van der Waals surface area contributed by atoms with Gasteiger partial charge in [0, 0.05) is 10.6 Å². The van der Waals surface area contributed by atoms with Crippen molar-refractivity contribution in [2.24, 2.45) is 0 Å². The molecule has 0 atom stereocenters. The van der Waals surface area contributed by atoms with Gasteiger partial charge in [0.25, 0.3) is 0 Å². The van der Waals surface area contributed by atoms with Gasteiger partial charge in [0.1, 0.15) is 5.60 Å². The monoisotopic (exact) mass is 296 g/mol. The molecule has 110 valence electrons. The summed E-state index contributed by atoms with van der Waals surface area (Å²) >= 11 is 6.03. The van der Waals surface area contributed by atoms with Crippen LogP contribution in [0.2, 0.25) is 5.02 Å². The molecule has 0 aliphatic carbocycles.